The molecule has 0 aromatic heterocycles. The summed E-state index contributed by atoms with van der Waals surface area (Å²) in [6.07, 6.45) is 2.04. The van der Waals surface area contributed by atoms with Crippen molar-refractivity contribution < 1.29 is 14.5 Å². The number of amides is 2. The molecule has 2 aromatic rings. The molecule has 0 aliphatic carbocycles. The number of nitrogens with one attached hydrogen (secondary N) is 1. The van der Waals surface area contributed by atoms with Crippen molar-refractivity contribution in [3.05, 3.63) is 68.7 Å². The van der Waals surface area contributed by atoms with E-state index in [4.69, 9.17) is 11.6 Å². The van der Waals surface area contributed by atoms with E-state index >= 15 is 0 Å². The Bertz CT molecular complexity index is 861. The van der Waals surface area contributed by atoms with Gasteiger partial charge in [0.25, 0.3) is 17.5 Å². The van der Waals surface area contributed by atoms with Crippen LogP contribution in [0.1, 0.15) is 33.6 Å². The fraction of sp³-hybridized carbons (Fsp3) is 0.222. The van der Waals surface area contributed by atoms with Gasteiger partial charge in [-0.2, -0.15) is 0 Å². The van der Waals surface area contributed by atoms with E-state index in [-0.39, 0.29) is 22.2 Å². The predicted molar refractivity (Wildman–Crippen MR) is 97.6 cm³/mol. The molecule has 0 atom stereocenters. The molecule has 1 aliphatic heterocycles. The Morgan fingerprint density at radius 2 is 1.65 bits per heavy atom. The van der Waals surface area contributed by atoms with Crippen molar-refractivity contribution in [1.29, 1.82) is 0 Å². The maximum atomic E-state index is 12.3. The van der Waals surface area contributed by atoms with Gasteiger partial charge in [-0.3, -0.25) is 19.7 Å². The fourth-order valence-electron chi connectivity index (χ4n) is 2.80. The van der Waals surface area contributed by atoms with E-state index in [1.807, 2.05) is 0 Å². The Morgan fingerprint density at radius 3 is 2.27 bits per heavy atom. The number of hydrogen-bond donors (Lipinski definition) is 1. The minimum absolute atomic E-state index is 0.0197. The summed E-state index contributed by atoms with van der Waals surface area (Å²) >= 11 is 5.75. The number of rotatable bonds is 4. The van der Waals surface area contributed by atoms with Crippen LogP contribution in [0.15, 0.2) is 42.5 Å². The molecule has 0 unspecified atom stereocenters. The maximum Gasteiger partial charge on any atom is 0.288 e. The first-order chi connectivity index (χ1) is 12.5. The molecule has 134 valence electrons. The molecule has 3 rings (SSSR count). The SMILES string of the molecule is O=C(Nc1ccc(C(=O)N2CCCC2)cc1)c1ccc(Cl)c([N+](=O)[O-])c1. The number of hydrogen-bond acceptors (Lipinski definition) is 4. The lowest BCUT2D eigenvalue weighted by Crippen LogP contribution is -2.27. The van der Waals surface area contributed by atoms with E-state index in [0.29, 0.717) is 11.3 Å². The summed E-state index contributed by atoms with van der Waals surface area (Å²) in [5, 5.41) is 13.5. The zero-order chi connectivity index (χ0) is 18.7. The number of benzene rings is 2. The highest BCUT2D eigenvalue weighted by atomic mass is 35.5. The molecule has 0 spiro atoms. The largest absolute Gasteiger partial charge is 0.339 e. The zero-order valence-corrected chi connectivity index (χ0v) is 14.5. The molecule has 0 bridgehead atoms. The molecular weight excluding hydrogens is 358 g/mol. The van der Waals surface area contributed by atoms with E-state index in [1.54, 1.807) is 29.2 Å². The van der Waals surface area contributed by atoms with Crippen LogP contribution in [0.5, 0.6) is 0 Å². The Morgan fingerprint density at radius 1 is 1.04 bits per heavy atom. The van der Waals surface area contributed by atoms with Crippen molar-refractivity contribution in [2.24, 2.45) is 0 Å². The summed E-state index contributed by atoms with van der Waals surface area (Å²) in [7, 11) is 0. The van der Waals surface area contributed by atoms with Crippen LogP contribution in [0.4, 0.5) is 11.4 Å². The van der Waals surface area contributed by atoms with Gasteiger partial charge in [-0.1, -0.05) is 11.6 Å². The van der Waals surface area contributed by atoms with Crippen molar-refractivity contribution >= 4 is 34.8 Å². The highest BCUT2D eigenvalue weighted by Gasteiger charge is 2.20. The number of likely N-dealkylation sites (tertiary alicyclic amines) is 1. The fourth-order valence-corrected chi connectivity index (χ4v) is 2.98. The Balaban J connectivity index is 1.71. The Hall–Kier alpha value is -2.93. The third kappa shape index (κ3) is 3.83. The van der Waals surface area contributed by atoms with Gasteiger partial charge in [0.05, 0.1) is 4.92 Å². The summed E-state index contributed by atoms with van der Waals surface area (Å²) in [6.45, 7) is 1.54. The number of nitrogens with zero attached hydrogens (tertiary/aromatic N) is 2. The number of carbonyl (C=O) groups is 2. The summed E-state index contributed by atoms with van der Waals surface area (Å²) in [4.78, 5) is 36.7. The second-order valence-electron chi connectivity index (χ2n) is 5.95. The molecule has 0 radical (unpaired) electrons. The molecular formula is C18H16ClN3O4. The molecule has 1 N–H and O–H groups in total. The van der Waals surface area contributed by atoms with E-state index < -0.39 is 10.8 Å². The minimum atomic E-state index is -0.641. The molecule has 8 heteroatoms. The summed E-state index contributed by atoms with van der Waals surface area (Å²) in [6, 6.07) is 10.4. The molecule has 7 nitrogen and oxygen atoms in total. The second-order valence-corrected chi connectivity index (χ2v) is 6.36. The van der Waals surface area contributed by atoms with Gasteiger partial charge in [0, 0.05) is 36.0 Å². The lowest BCUT2D eigenvalue weighted by Gasteiger charge is -2.15. The second kappa shape index (κ2) is 7.53. The van der Waals surface area contributed by atoms with Gasteiger partial charge in [-0.05, 0) is 49.2 Å². The highest BCUT2D eigenvalue weighted by Crippen LogP contribution is 2.25. The van der Waals surface area contributed by atoms with Crippen molar-refractivity contribution in [2.75, 3.05) is 18.4 Å². The predicted octanol–water partition coefficient (Wildman–Crippen LogP) is 3.74. The normalized spacial score (nSPS) is 13.5. The van der Waals surface area contributed by atoms with Crippen LogP contribution in [0.2, 0.25) is 5.02 Å². The first kappa shape index (κ1) is 17.9. The molecule has 1 aliphatic rings. The zero-order valence-electron chi connectivity index (χ0n) is 13.8. The molecule has 26 heavy (non-hydrogen) atoms. The van der Waals surface area contributed by atoms with Gasteiger partial charge in [0.1, 0.15) is 5.02 Å². The van der Waals surface area contributed by atoms with Crippen LogP contribution in [0, 0.1) is 10.1 Å². The van der Waals surface area contributed by atoms with Crippen LogP contribution >= 0.6 is 11.6 Å². The quantitative estimate of drug-likeness (QED) is 0.652. The van der Waals surface area contributed by atoms with Crippen LogP contribution in [-0.2, 0) is 0 Å². The van der Waals surface area contributed by atoms with Gasteiger partial charge in [0.2, 0.25) is 0 Å². The number of carbonyl (C=O) groups excluding carboxylic acids is 2. The first-order valence-electron chi connectivity index (χ1n) is 8.10. The number of nitro benzene ring substituents is 1. The third-order valence-corrected chi connectivity index (χ3v) is 4.51. The molecule has 1 saturated heterocycles. The summed E-state index contributed by atoms with van der Waals surface area (Å²) < 4.78 is 0. The summed E-state index contributed by atoms with van der Waals surface area (Å²) in [5.74, 6) is -0.517. The van der Waals surface area contributed by atoms with E-state index in [2.05, 4.69) is 5.32 Å². The van der Waals surface area contributed by atoms with E-state index in [9.17, 15) is 19.7 Å². The monoisotopic (exact) mass is 373 g/mol. The number of nitro groups is 1. The first-order valence-corrected chi connectivity index (χ1v) is 8.48. The van der Waals surface area contributed by atoms with Crippen molar-refractivity contribution in [3.8, 4) is 0 Å². The van der Waals surface area contributed by atoms with Gasteiger partial charge in [-0.25, -0.2) is 0 Å². The topological polar surface area (TPSA) is 92.6 Å². The lowest BCUT2D eigenvalue weighted by molar-refractivity contribution is -0.384. The number of halogens is 1. The number of anilines is 1. The average molecular weight is 374 g/mol. The smallest absolute Gasteiger partial charge is 0.288 e. The van der Waals surface area contributed by atoms with Gasteiger partial charge in [-0.15, -0.1) is 0 Å². The third-order valence-electron chi connectivity index (χ3n) is 4.19. The maximum absolute atomic E-state index is 12.3. The van der Waals surface area contributed by atoms with Crippen molar-refractivity contribution in [1.82, 2.24) is 4.90 Å². The van der Waals surface area contributed by atoms with Crippen LogP contribution in [0.25, 0.3) is 0 Å². The molecule has 1 heterocycles. The van der Waals surface area contributed by atoms with Crippen molar-refractivity contribution in [2.45, 2.75) is 12.8 Å². The highest BCUT2D eigenvalue weighted by molar-refractivity contribution is 6.32. The Kier molecular flexibility index (Phi) is 5.18. The Labute approximate surface area is 154 Å². The standard InChI is InChI=1S/C18H16ClN3O4/c19-15-8-5-13(11-16(15)22(25)26)17(23)20-14-6-3-12(4-7-14)18(24)21-9-1-2-10-21/h3-8,11H,1-2,9-10H2,(H,20,23). The molecule has 2 aromatic carbocycles. The molecule has 1 fully saturated rings. The van der Waals surface area contributed by atoms with Gasteiger partial charge >= 0.3 is 0 Å². The van der Waals surface area contributed by atoms with E-state index in [0.717, 1.165) is 32.0 Å². The van der Waals surface area contributed by atoms with E-state index in [1.165, 1.54) is 12.1 Å². The van der Waals surface area contributed by atoms with Crippen LogP contribution in [0.3, 0.4) is 0 Å². The van der Waals surface area contributed by atoms with Crippen LogP contribution < -0.4 is 5.32 Å². The van der Waals surface area contributed by atoms with Crippen molar-refractivity contribution in [3.63, 3.8) is 0 Å². The average Bonchev–Trinajstić information content (AvgIpc) is 3.16. The van der Waals surface area contributed by atoms with Gasteiger partial charge < -0.3 is 10.2 Å². The molecule has 2 amide bonds. The van der Waals surface area contributed by atoms with Crippen LogP contribution in [-0.4, -0.2) is 34.7 Å². The minimum Gasteiger partial charge on any atom is -0.339 e. The van der Waals surface area contributed by atoms with Gasteiger partial charge in [0.15, 0.2) is 0 Å². The lowest BCUT2D eigenvalue weighted by atomic mass is 10.1. The summed E-state index contributed by atoms with van der Waals surface area (Å²) in [5.41, 5.74) is 0.849. The molecule has 0 saturated carbocycles.